The van der Waals surface area contributed by atoms with Gasteiger partial charge in [0.15, 0.2) is 3.83 Å². The normalized spacial score (nSPS) is 10.4. The first-order chi connectivity index (χ1) is 6.70. The highest BCUT2D eigenvalue weighted by atomic mass is 127. The molecular weight excluding hydrogens is 291 g/mol. The molecule has 0 aliphatic rings. The molecule has 0 saturated heterocycles. The summed E-state index contributed by atoms with van der Waals surface area (Å²) in [6.07, 6.45) is 1.76. The van der Waals surface area contributed by atoms with Crippen LogP contribution < -0.4 is 0 Å². The highest BCUT2D eigenvalue weighted by Gasteiger charge is 2.09. The summed E-state index contributed by atoms with van der Waals surface area (Å²) in [7, 11) is 1.93. The van der Waals surface area contributed by atoms with E-state index in [1.54, 1.807) is 18.3 Å². The summed E-state index contributed by atoms with van der Waals surface area (Å²) in [4.78, 5) is 4.17. The van der Waals surface area contributed by atoms with Crippen LogP contribution >= 0.6 is 22.6 Å². The maximum Gasteiger partial charge on any atom is 0.171 e. The smallest absolute Gasteiger partial charge is 0.171 e. The second kappa shape index (κ2) is 3.61. The van der Waals surface area contributed by atoms with Gasteiger partial charge in [-0.15, -0.1) is 0 Å². The molecule has 0 aliphatic heterocycles. The lowest BCUT2D eigenvalue weighted by Gasteiger charge is -2.04. The van der Waals surface area contributed by atoms with Gasteiger partial charge in [-0.25, -0.2) is 4.98 Å². The van der Waals surface area contributed by atoms with Crippen LogP contribution in [0.15, 0.2) is 30.5 Å². The van der Waals surface area contributed by atoms with Crippen LogP contribution in [0.25, 0.3) is 11.3 Å². The van der Waals surface area contributed by atoms with E-state index in [2.05, 4.69) is 27.6 Å². The molecule has 0 unspecified atom stereocenters. The molecule has 0 bridgehead atoms. The van der Waals surface area contributed by atoms with E-state index in [4.69, 9.17) is 0 Å². The largest absolute Gasteiger partial charge is 0.507 e. The second-order valence-electron chi connectivity index (χ2n) is 2.99. The number of rotatable bonds is 1. The standard InChI is InChI=1S/C10H9IN2O/c1-13-8(6-12-10(13)11)7-4-2-3-5-9(7)14/h2-6,14H,1H3. The van der Waals surface area contributed by atoms with E-state index in [1.165, 1.54) is 0 Å². The first-order valence-electron chi connectivity index (χ1n) is 4.15. The molecule has 72 valence electrons. The zero-order chi connectivity index (χ0) is 10.1. The van der Waals surface area contributed by atoms with Crippen molar-refractivity contribution in [2.24, 2.45) is 7.05 Å². The summed E-state index contributed by atoms with van der Waals surface area (Å²) in [5.74, 6) is 0.284. The van der Waals surface area contributed by atoms with Crippen molar-refractivity contribution in [2.75, 3.05) is 0 Å². The molecule has 0 fully saturated rings. The third-order valence-corrected chi connectivity index (χ3v) is 3.11. The van der Waals surface area contributed by atoms with E-state index in [0.717, 1.165) is 15.1 Å². The average Bonchev–Trinajstić information content (AvgIpc) is 2.49. The van der Waals surface area contributed by atoms with Gasteiger partial charge in [-0.05, 0) is 34.7 Å². The third kappa shape index (κ3) is 1.50. The van der Waals surface area contributed by atoms with Gasteiger partial charge in [0, 0.05) is 12.6 Å². The maximum absolute atomic E-state index is 9.65. The number of phenols is 1. The van der Waals surface area contributed by atoms with E-state index >= 15 is 0 Å². The Balaban J connectivity index is 2.60. The molecule has 0 saturated carbocycles. The average molecular weight is 300 g/mol. The predicted molar refractivity (Wildman–Crippen MR) is 63.0 cm³/mol. The molecule has 4 heteroatoms. The van der Waals surface area contributed by atoms with Gasteiger partial charge in [-0.3, -0.25) is 0 Å². The number of hydrogen-bond acceptors (Lipinski definition) is 2. The fraction of sp³-hybridized carbons (Fsp3) is 0.100. The Morgan fingerprint density at radius 3 is 2.64 bits per heavy atom. The minimum absolute atomic E-state index is 0.284. The first kappa shape index (κ1) is 9.51. The number of halogens is 1. The lowest BCUT2D eigenvalue weighted by atomic mass is 10.1. The van der Waals surface area contributed by atoms with Crippen molar-refractivity contribution in [1.82, 2.24) is 9.55 Å². The van der Waals surface area contributed by atoms with Crippen LogP contribution in [0.2, 0.25) is 0 Å². The quantitative estimate of drug-likeness (QED) is 0.821. The van der Waals surface area contributed by atoms with Crippen LogP contribution in [0.1, 0.15) is 0 Å². The Morgan fingerprint density at radius 1 is 1.36 bits per heavy atom. The lowest BCUT2D eigenvalue weighted by Crippen LogP contribution is -1.94. The molecule has 0 spiro atoms. The number of benzene rings is 1. The number of aromatic hydroxyl groups is 1. The summed E-state index contributed by atoms with van der Waals surface area (Å²) >= 11 is 2.15. The lowest BCUT2D eigenvalue weighted by molar-refractivity contribution is 0.477. The predicted octanol–water partition coefficient (Wildman–Crippen LogP) is 2.40. The van der Waals surface area contributed by atoms with Crippen LogP contribution in [0.5, 0.6) is 5.75 Å². The topological polar surface area (TPSA) is 38.0 Å². The van der Waals surface area contributed by atoms with E-state index in [9.17, 15) is 5.11 Å². The van der Waals surface area contributed by atoms with Gasteiger partial charge in [0.2, 0.25) is 0 Å². The Hall–Kier alpha value is -1.04. The Morgan fingerprint density at radius 2 is 2.07 bits per heavy atom. The Labute approximate surface area is 95.5 Å². The first-order valence-corrected chi connectivity index (χ1v) is 5.23. The fourth-order valence-corrected chi connectivity index (χ4v) is 1.73. The molecule has 0 atom stereocenters. The van der Waals surface area contributed by atoms with Crippen molar-refractivity contribution in [1.29, 1.82) is 0 Å². The molecule has 14 heavy (non-hydrogen) atoms. The number of hydrogen-bond donors (Lipinski definition) is 1. The van der Waals surface area contributed by atoms with E-state index in [0.29, 0.717) is 0 Å². The number of nitrogens with zero attached hydrogens (tertiary/aromatic N) is 2. The summed E-state index contributed by atoms with van der Waals surface area (Å²) in [5, 5.41) is 9.65. The Kier molecular flexibility index (Phi) is 2.45. The van der Waals surface area contributed by atoms with Gasteiger partial charge >= 0.3 is 0 Å². The number of para-hydroxylation sites is 1. The molecule has 1 N–H and O–H groups in total. The van der Waals surface area contributed by atoms with Crippen molar-refractivity contribution in [2.45, 2.75) is 0 Å². The number of imidazole rings is 1. The van der Waals surface area contributed by atoms with Crippen LogP contribution in [-0.2, 0) is 7.05 Å². The molecule has 2 aromatic rings. The van der Waals surface area contributed by atoms with Crippen molar-refractivity contribution in [3.05, 3.63) is 34.3 Å². The number of phenolic OH excluding ortho intramolecular Hbond substituents is 1. The zero-order valence-corrected chi connectivity index (χ0v) is 9.76. The zero-order valence-electron chi connectivity index (χ0n) is 7.61. The van der Waals surface area contributed by atoms with Crippen LogP contribution in [0.4, 0.5) is 0 Å². The fourth-order valence-electron chi connectivity index (χ4n) is 1.33. The highest BCUT2D eigenvalue weighted by molar-refractivity contribution is 14.1. The van der Waals surface area contributed by atoms with E-state index in [-0.39, 0.29) is 5.75 Å². The molecule has 3 nitrogen and oxygen atoms in total. The summed E-state index contributed by atoms with van der Waals surface area (Å²) in [6.45, 7) is 0. The molecule has 1 heterocycles. The van der Waals surface area contributed by atoms with Crippen molar-refractivity contribution in [3.8, 4) is 17.0 Å². The minimum Gasteiger partial charge on any atom is -0.507 e. The molecule has 0 aliphatic carbocycles. The molecule has 1 aromatic heterocycles. The second-order valence-corrected chi connectivity index (χ2v) is 3.95. The van der Waals surface area contributed by atoms with Gasteiger partial charge in [-0.2, -0.15) is 0 Å². The Bertz CT molecular complexity index is 465. The van der Waals surface area contributed by atoms with Crippen LogP contribution in [0.3, 0.4) is 0 Å². The number of aromatic nitrogens is 2. The van der Waals surface area contributed by atoms with E-state index < -0.39 is 0 Å². The molecule has 1 aromatic carbocycles. The van der Waals surface area contributed by atoms with Gasteiger partial charge in [0.25, 0.3) is 0 Å². The minimum atomic E-state index is 0.284. The van der Waals surface area contributed by atoms with Gasteiger partial charge in [-0.1, -0.05) is 12.1 Å². The monoisotopic (exact) mass is 300 g/mol. The van der Waals surface area contributed by atoms with Crippen molar-refractivity contribution < 1.29 is 5.11 Å². The molecular formula is C10H9IN2O. The molecule has 0 amide bonds. The van der Waals surface area contributed by atoms with Crippen molar-refractivity contribution >= 4 is 22.6 Å². The molecule has 0 radical (unpaired) electrons. The third-order valence-electron chi connectivity index (χ3n) is 2.11. The van der Waals surface area contributed by atoms with Gasteiger partial charge < -0.3 is 9.67 Å². The van der Waals surface area contributed by atoms with E-state index in [1.807, 2.05) is 23.7 Å². The van der Waals surface area contributed by atoms with Crippen LogP contribution in [0, 0.1) is 3.83 Å². The molecule has 2 rings (SSSR count). The maximum atomic E-state index is 9.65. The summed E-state index contributed by atoms with van der Waals surface area (Å²) in [6, 6.07) is 7.26. The summed E-state index contributed by atoms with van der Waals surface area (Å²) in [5.41, 5.74) is 1.73. The van der Waals surface area contributed by atoms with Gasteiger partial charge in [0.05, 0.1) is 11.9 Å². The summed E-state index contributed by atoms with van der Waals surface area (Å²) < 4.78 is 2.84. The van der Waals surface area contributed by atoms with Gasteiger partial charge in [0.1, 0.15) is 5.75 Å². The SMILES string of the molecule is Cn1c(-c2ccccc2O)cnc1I. The van der Waals surface area contributed by atoms with Crippen molar-refractivity contribution in [3.63, 3.8) is 0 Å². The highest BCUT2D eigenvalue weighted by Crippen LogP contribution is 2.28. The van der Waals surface area contributed by atoms with Crippen LogP contribution in [-0.4, -0.2) is 14.7 Å².